The molecule has 14 nitrogen and oxygen atoms in total. The molecule has 6 rings (SSSR count). The number of hydrogen-bond donors (Lipinski definition) is 6. The third-order valence-electron chi connectivity index (χ3n) is 13.7. The van der Waals surface area contributed by atoms with Gasteiger partial charge in [0.25, 0.3) is 0 Å². The Morgan fingerprint density at radius 2 is 1.08 bits per heavy atom. The van der Waals surface area contributed by atoms with Crippen molar-refractivity contribution in [2.75, 3.05) is 27.2 Å². The highest BCUT2D eigenvalue weighted by molar-refractivity contribution is 5.94. The quantitative estimate of drug-likeness (QED) is 0.109. The molecule has 4 aliphatic rings. The van der Waals surface area contributed by atoms with Crippen LogP contribution in [0.1, 0.15) is 138 Å². The van der Waals surface area contributed by atoms with Crippen LogP contribution in [0.2, 0.25) is 0 Å². The Kier molecular flexibility index (Phi) is 17.8. The van der Waals surface area contributed by atoms with Crippen molar-refractivity contribution in [2.45, 2.75) is 165 Å². The maximum atomic E-state index is 14.4. The van der Waals surface area contributed by atoms with Crippen LogP contribution in [0, 0.1) is 11.8 Å². The molecule has 0 aromatic heterocycles. The molecule has 0 radical (unpaired) electrons. The van der Waals surface area contributed by atoms with Crippen LogP contribution in [0.4, 0.5) is 0 Å². The Bertz CT molecular complexity index is 2030. The molecule has 2 saturated heterocycles. The SMILES string of the molecule is CNC(C)C(=O)NC(CC#CCCCC(NC(=O)C(C)NC)C(=O)N1CCCCC1C(=O)NC1CCCc2ccccc21)C(=O)N1CCCCC1C(=O)NC1CCCc2ccccc21. The molecule has 346 valence electrons. The summed E-state index contributed by atoms with van der Waals surface area (Å²) >= 11 is 0. The topological polar surface area (TPSA) is 181 Å². The summed E-state index contributed by atoms with van der Waals surface area (Å²) in [7, 11) is 3.36. The Morgan fingerprint density at radius 1 is 0.609 bits per heavy atom. The molecular formula is C50H70N8O6. The number of rotatable bonds is 16. The van der Waals surface area contributed by atoms with Crippen molar-refractivity contribution < 1.29 is 28.8 Å². The van der Waals surface area contributed by atoms with Gasteiger partial charge in [0.1, 0.15) is 24.2 Å². The van der Waals surface area contributed by atoms with Gasteiger partial charge in [-0.15, -0.1) is 11.8 Å². The lowest BCUT2D eigenvalue weighted by Crippen LogP contribution is -2.58. The van der Waals surface area contributed by atoms with E-state index < -0.39 is 36.3 Å². The first-order valence-corrected chi connectivity index (χ1v) is 23.8. The minimum absolute atomic E-state index is 0.0384. The summed E-state index contributed by atoms with van der Waals surface area (Å²) in [4.78, 5) is 86.2. The average Bonchev–Trinajstić information content (AvgIpc) is 3.33. The van der Waals surface area contributed by atoms with E-state index in [-0.39, 0.29) is 53.9 Å². The van der Waals surface area contributed by atoms with Crippen LogP contribution < -0.4 is 31.9 Å². The van der Waals surface area contributed by atoms with Crippen molar-refractivity contribution in [3.05, 3.63) is 70.8 Å². The third kappa shape index (κ3) is 12.3. The Hall–Kier alpha value is -5.26. The number of hydrogen-bond acceptors (Lipinski definition) is 8. The summed E-state index contributed by atoms with van der Waals surface area (Å²) in [5.41, 5.74) is 4.74. The molecule has 2 aromatic rings. The molecule has 2 aliphatic carbocycles. The van der Waals surface area contributed by atoms with Gasteiger partial charge in [0.05, 0.1) is 24.2 Å². The van der Waals surface area contributed by atoms with E-state index >= 15 is 0 Å². The van der Waals surface area contributed by atoms with Gasteiger partial charge in [0, 0.05) is 25.9 Å². The second-order valence-corrected chi connectivity index (χ2v) is 18.0. The van der Waals surface area contributed by atoms with E-state index in [9.17, 15) is 28.8 Å². The number of likely N-dealkylation sites (N-methyl/N-ethyl adjacent to an activating group) is 2. The third-order valence-corrected chi connectivity index (χ3v) is 13.7. The smallest absolute Gasteiger partial charge is 0.246 e. The predicted octanol–water partition coefficient (Wildman–Crippen LogP) is 3.89. The number of carbonyl (C=O) groups is 6. The Balaban J connectivity index is 1.10. The Morgan fingerprint density at radius 3 is 1.58 bits per heavy atom. The fourth-order valence-electron chi connectivity index (χ4n) is 9.65. The lowest BCUT2D eigenvalue weighted by molar-refractivity contribution is -0.145. The molecule has 8 unspecified atom stereocenters. The van der Waals surface area contributed by atoms with Gasteiger partial charge in [0.15, 0.2) is 0 Å². The van der Waals surface area contributed by atoms with E-state index in [4.69, 9.17) is 0 Å². The largest absolute Gasteiger partial charge is 0.347 e. The number of piperidine rings is 2. The minimum Gasteiger partial charge on any atom is -0.347 e. The van der Waals surface area contributed by atoms with Crippen LogP contribution in [0.25, 0.3) is 0 Å². The van der Waals surface area contributed by atoms with Gasteiger partial charge in [-0.3, -0.25) is 28.8 Å². The van der Waals surface area contributed by atoms with E-state index in [1.807, 2.05) is 24.3 Å². The lowest BCUT2D eigenvalue weighted by Gasteiger charge is -2.38. The molecule has 0 bridgehead atoms. The average molecular weight is 879 g/mol. The molecule has 2 aliphatic heterocycles. The summed E-state index contributed by atoms with van der Waals surface area (Å²) < 4.78 is 0. The molecule has 14 heteroatoms. The number of nitrogens with one attached hydrogen (secondary N) is 6. The van der Waals surface area contributed by atoms with Gasteiger partial charge < -0.3 is 41.7 Å². The maximum absolute atomic E-state index is 14.4. The lowest BCUT2D eigenvalue weighted by atomic mass is 9.87. The number of amides is 6. The summed E-state index contributed by atoms with van der Waals surface area (Å²) in [5.74, 6) is 4.63. The van der Waals surface area contributed by atoms with E-state index in [0.29, 0.717) is 45.2 Å². The standard InChI is InChI=1S/C50H70N8O6/c1-33(51-3)45(59)55-41(49(63)57-31-15-13-29-43(57)47(61)53-39-27-17-21-35-19-9-11-23-37(35)39)25-7-5-6-8-26-42(56-46(60)34(2)52-4)50(64)58-32-16-14-30-44(58)48(62)54-40-28-18-22-36-20-10-12-24-38(36)40/h9-12,19-20,23-24,33-34,39-44,51-52H,5,7,13-18,21-22,25-32H2,1-4H3,(H,53,61)(H,54,62)(H,55,59)(H,56,60). The predicted molar refractivity (Wildman–Crippen MR) is 246 cm³/mol. The first-order valence-electron chi connectivity index (χ1n) is 23.8. The van der Waals surface area contributed by atoms with Crippen LogP contribution >= 0.6 is 0 Å². The van der Waals surface area contributed by atoms with Crippen LogP contribution in [-0.2, 0) is 41.6 Å². The molecule has 2 aromatic carbocycles. The number of unbranched alkanes of at least 4 members (excludes halogenated alkanes) is 1. The van der Waals surface area contributed by atoms with Gasteiger partial charge >= 0.3 is 0 Å². The molecule has 0 saturated carbocycles. The number of aryl methyl sites for hydroxylation is 2. The van der Waals surface area contributed by atoms with Gasteiger partial charge in [-0.1, -0.05) is 48.5 Å². The normalized spacial score (nSPS) is 22.4. The zero-order valence-corrected chi connectivity index (χ0v) is 38.3. The van der Waals surface area contributed by atoms with Crippen molar-refractivity contribution in [3.63, 3.8) is 0 Å². The molecule has 0 spiro atoms. The number of fused-ring (bicyclic) bond motifs is 2. The van der Waals surface area contributed by atoms with Gasteiger partial charge in [0.2, 0.25) is 35.4 Å². The molecule has 2 heterocycles. The maximum Gasteiger partial charge on any atom is 0.246 e. The van der Waals surface area contributed by atoms with E-state index in [2.05, 4.69) is 68.0 Å². The Labute approximate surface area is 379 Å². The first kappa shape index (κ1) is 48.2. The highest BCUT2D eigenvalue weighted by Crippen LogP contribution is 2.32. The molecule has 6 amide bonds. The molecule has 2 fully saturated rings. The van der Waals surface area contributed by atoms with Gasteiger partial charge in [-0.25, -0.2) is 0 Å². The van der Waals surface area contributed by atoms with Gasteiger partial charge in [-0.05, 0) is 140 Å². The van der Waals surface area contributed by atoms with Crippen LogP contribution in [0.5, 0.6) is 0 Å². The van der Waals surface area contributed by atoms with Gasteiger partial charge in [-0.2, -0.15) is 0 Å². The van der Waals surface area contributed by atoms with Crippen molar-refractivity contribution in [2.24, 2.45) is 0 Å². The van der Waals surface area contributed by atoms with E-state index in [0.717, 1.165) is 75.3 Å². The first-order chi connectivity index (χ1) is 31.0. The van der Waals surface area contributed by atoms with E-state index in [1.165, 1.54) is 11.1 Å². The van der Waals surface area contributed by atoms with Crippen molar-refractivity contribution in [3.8, 4) is 11.8 Å². The molecule has 6 N–H and O–H groups in total. The van der Waals surface area contributed by atoms with E-state index in [1.54, 1.807) is 37.7 Å². The monoisotopic (exact) mass is 879 g/mol. The highest BCUT2D eigenvalue weighted by atomic mass is 16.2. The summed E-state index contributed by atoms with van der Waals surface area (Å²) in [6.07, 6.45) is 11.0. The highest BCUT2D eigenvalue weighted by Gasteiger charge is 2.39. The van der Waals surface area contributed by atoms with Crippen LogP contribution in [-0.4, -0.2) is 109 Å². The number of benzene rings is 2. The zero-order valence-electron chi connectivity index (χ0n) is 38.3. The van der Waals surface area contributed by atoms with Crippen LogP contribution in [0.3, 0.4) is 0 Å². The molecular weight excluding hydrogens is 809 g/mol. The van der Waals surface area contributed by atoms with Crippen molar-refractivity contribution in [1.82, 2.24) is 41.7 Å². The summed E-state index contributed by atoms with van der Waals surface area (Å²) in [5, 5.41) is 18.2. The number of nitrogens with zero attached hydrogens (tertiary/aromatic N) is 2. The minimum atomic E-state index is -0.972. The fourth-order valence-corrected chi connectivity index (χ4v) is 9.65. The van der Waals surface area contributed by atoms with Crippen molar-refractivity contribution >= 4 is 35.4 Å². The molecule has 64 heavy (non-hydrogen) atoms. The second kappa shape index (κ2) is 23.6. The van der Waals surface area contributed by atoms with Crippen LogP contribution in [0.15, 0.2) is 48.5 Å². The number of likely N-dealkylation sites (tertiary alicyclic amines) is 2. The zero-order chi connectivity index (χ0) is 45.6. The van der Waals surface area contributed by atoms with Crippen molar-refractivity contribution in [1.29, 1.82) is 0 Å². The summed E-state index contributed by atoms with van der Waals surface area (Å²) in [6, 6.07) is 11.9. The molecule has 8 atom stereocenters. The number of carbonyl (C=O) groups excluding carboxylic acids is 6. The second-order valence-electron chi connectivity index (χ2n) is 18.0. The summed E-state index contributed by atoms with van der Waals surface area (Å²) in [6.45, 7) is 4.27. The fraction of sp³-hybridized carbons (Fsp3) is 0.600.